The van der Waals surface area contributed by atoms with Crippen molar-refractivity contribution in [1.29, 1.82) is 0 Å². The molecule has 0 radical (unpaired) electrons. The average molecular weight is 409 g/mol. The third kappa shape index (κ3) is 5.00. The molecule has 1 aromatic carbocycles. The molecule has 5 nitrogen and oxygen atoms in total. The van der Waals surface area contributed by atoms with E-state index >= 15 is 0 Å². The Balaban J connectivity index is 1.92. The lowest BCUT2D eigenvalue weighted by atomic mass is 10.0. The van der Waals surface area contributed by atoms with Crippen molar-refractivity contribution >= 4 is 11.7 Å². The Bertz CT molecular complexity index is 885. The molecule has 0 bridgehead atoms. The second-order valence-corrected chi connectivity index (χ2v) is 8.91. The number of hydrogen-bond acceptors (Lipinski definition) is 4. The van der Waals surface area contributed by atoms with Crippen molar-refractivity contribution in [3.8, 4) is 0 Å². The maximum atomic E-state index is 12.4. The number of hydrogen-bond donors (Lipinski definition) is 0. The largest absolute Gasteiger partial charge is 0.353 e. The van der Waals surface area contributed by atoms with Crippen LogP contribution in [0.5, 0.6) is 0 Å². The highest BCUT2D eigenvalue weighted by molar-refractivity contribution is 5.78. The number of carbonyl (C=O) groups is 1. The summed E-state index contributed by atoms with van der Waals surface area (Å²) in [6.45, 7) is 15.7. The quantitative estimate of drug-likeness (QED) is 0.706. The highest BCUT2D eigenvalue weighted by Crippen LogP contribution is 2.28. The highest BCUT2D eigenvalue weighted by Gasteiger charge is 2.26. The molecule has 5 heteroatoms. The van der Waals surface area contributed by atoms with Gasteiger partial charge in [0.1, 0.15) is 11.6 Å². The molecule has 0 saturated carbocycles. The molecule has 30 heavy (non-hydrogen) atoms. The summed E-state index contributed by atoms with van der Waals surface area (Å²) in [6, 6.07) is 8.66. The number of carbonyl (C=O) groups excluding carboxylic acids is 1. The second kappa shape index (κ2) is 9.59. The molecule has 1 aromatic heterocycles. The van der Waals surface area contributed by atoms with Gasteiger partial charge in [-0.15, -0.1) is 0 Å². The van der Waals surface area contributed by atoms with Gasteiger partial charge in [-0.3, -0.25) is 4.79 Å². The Morgan fingerprint density at radius 3 is 2.37 bits per heavy atom. The summed E-state index contributed by atoms with van der Waals surface area (Å²) in [5.41, 5.74) is 4.83. The minimum absolute atomic E-state index is 0.0479. The topological polar surface area (TPSA) is 49.3 Å². The van der Waals surface area contributed by atoms with Crippen molar-refractivity contribution in [3.63, 3.8) is 0 Å². The van der Waals surface area contributed by atoms with E-state index in [0.29, 0.717) is 5.92 Å². The van der Waals surface area contributed by atoms with Crippen molar-refractivity contribution < 1.29 is 4.79 Å². The number of nitrogens with zero attached hydrogens (tertiary/aromatic N) is 4. The number of aryl methyl sites for hydroxylation is 2. The Morgan fingerprint density at radius 1 is 1.07 bits per heavy atom. The third-order valence-electron chi connectivity index (χ3n) is 6.11. The van der Waals surface area contributed by atoms with Gasteiger partial charge >= 0.3 is 0 Å². The fourth-order valence-electron chi connectivity index (χ4n) is 4.00. The van der Waals surface area contributed by atoms with Crippen LogP contribution in [0.15, 0.2) is 24.3 Å². The summed E-state index contributed by atoms with van der Waals surface area (Å²) in [5, 5.41) is 0. The molecule has 1 fully saturated rings. The molecule has 1 atom stereocenters. The zero-order valence-corrected chi connectivity index (χ0v) is 19.4. The average Bonchev–Trinajstić information content (AvgIpc) is 2.74. The van der Waals surface area contributed by atoms with Crippen molar-refractivity contribution in [1.82, 2.24) is 14.9 Å². The Kier molecular flexibility index (Phi) is 7.11. The standard InChI is InChI=1S/C25H36N4O/c1-7-19(5)23-26-20(6)22(16-21-10-8-9-18(4)15-21)24(27-23)28-11-13-29(14-12-28)25(30)17(2)3/h8-10,15,17,19H,7,11-14,16H2,1-6H3/t19-/m0/s1. The lowest BCUT2D eigenvalue weighted by Crippen LogP contribution is -2.50. The molecule has 0 aliphatic carbocycles. The van der Waals surface area contributed by atoms with Crippen molar-refractivity contribution in [2.45, 2.75) is 60.3 Å². The van der Waals surface area contributed by atoms with Gasteiger partial charge < -0.3 is 9.80 Å². The Labute approximate surface area is 181 Å². The van der Waals surface area contributed by atoms with E-state index in [1.807, 2.05) is 18.7 Å². The normalized spacial score (nSPS) is 15.6. The van der Waals surface area contributed by atoms with E-state index < -0.39 is 0 Å². The van der Waals surface area contributed by atoms with Gasteiger partial charge in [0.05, 0.1) is 0 Å². The van der Waals surface area contributed by atoms with Crippen LogP contribution in [0.25, 0.3) is 0 Å². The first-order valence-electron chi connectivity index (χ1n) is 11.3. The van der Waals surface area contributed by atoms with Gasteiger partial charge in [0.25, 0.3) is 0 Å². The summed E-state index contributed by atoms with van der Waals surface area (Å²) in [5.74, 6) is 2.61. The van der Waals surface area contributed by atoms with Gasteiger partial charge in [-0.05, 0) is 25.8 Å². The molecule has 0 N–H and O–H groups in total. The van der Waals surface area contributed by atoms with E-state index in [1.54, 1.807) is 0 Å². The Hall–Kier alpha value is -2.43. The predicted octanol–water partition coefficient (Wildman–Crippen LogP) is 4.50. The van der Waals surface area contributed by atoms with Crippen molar-refractivity contribution in [2.24, 2.45) is 5.92 Å². The summed E-state index contributed by atoms with van der Waals surface area (Å²) in [7, 11) is 0. The number of rotatable bonds is 6. The van der Waals surface area contributed by atoms with Crippen LogP contribution in [-0.2, 0) is 11.2 Å². The fourth-order valence-corrected chi connectivity index (χ4v) is 4.00. The van der Waals surface area contributed by atoms with Crippen LogP contribution in [0.3, 0.4) is 0 Å². The van der Waals surface area contributed by atoms with Crippen molar-refractivity contribution in [2.75, 3.05) is 31.1 Å². The highest BCUT2D eigenvalue weighted by atomic mass is 16.2. The number of amides is 1. The number of anilines is 1. The van der Waals surface area contributed by atoms with Gasteiger partial charge in [-0.2, -0.15) is 0 Å². The first-order valence-corrected chi connectivity index (χ1v) is 11.3. The smallest absolute Gasteiger partial charge is 0.225 e. The van der Waals surface area contributed by atoms with Gasteiger partial charge in [-0.1, -0.05) is 57.5 Å². The predicted molar refractivity (Wildman–Crippen MR) is 123 cm³/mol. The molecule has 0 unspecified atom stereocenters. The number of benzene rings is 1. The van der Waals surface area contributed by atoms with Crippen LogP contribution >= 0.6 is 0 Å². The van der Waals surface area contributed by atoms with E-state index in [2.05, 4.69) is 56.9 Å². The van der Waals surface area contributed by atoms with Gasteiger partial charge in [-0.25, -0.2) is 9.97 Å². The third-order valence-corrected chi connectivity index (χ3v) is 6.11. The van der Waals surface area contributed by atoms with E-state index in [0.717, 1.165) is 56.4 Å². The second-order valence-electron chi connectivity index (χ2n) is 8.91. The van der Waals surface area contributed by atoms with Crippen LogP contribution in [-0.4, -0.2) is 47.0 Å². The fraction of sp³-hybridized carbons (Fsp3) is 0.560. The molecular formula is C25H36N4O. The van der Waals surface area contributed by atoms with E-state index in [4.69, 9.17) is 9.97 Å². The van der Waals surface area contributed by atoms with Crippen molar-refractivity contribution in [3.05, 3.63) is 52.5 Å². The molecule has 1 aliphatic heterocycles. The SMILES string of the molecule is CC[C@H](C)c1nc(C)c(Cc2cccc(C)c2)c(N2CCN(C(=O)C(C)C)CC2)n1. The van der Waals surface area contributed by atoms with E-state index in [1.165, 1.54) is 16.7 Å². The zero-order valence-electron chi connectivity index (χ0n) is 19.4. The number of aromatic nitrogens is 2. The van der Waals surface area contributed by atoms with Crippen LogP contribution in [0.2, 0.25) is 0 Å². The molecule has 162 valence electrons. The Morgan fingerprint density at radius 2 is 1.77 bits per heavy atom. The molecule has 2 heterocycles. The summed E-state index contributed by atoms with van der Waals surface area (Å²) >= 11 is 0. The summed E-state index contributed by atoms with van der Waals surface area (Å²) in [4.78, 5) is 26.7. The molecule has 0 spiro atoms. The molecule has 2 aromatic rings. The maximum Gasteiger partial charge on any atom is 0.225 e. The first kappa shape index (κ1) is 22.3. The lowest BCUT2D eigenvalue weighted by molar-refractivity contribution is -0.134. The van der Waals surface area contributed by atoms with Gasteiger partial charge in [0.2, 0.25) is 5.91 Å². The minimum Gasteiger partial charge on any atom is -0.353 e. The molecular weight excluding hydrogens is 372 g/mol. The zero-order chi connectivity index (χ0) is 21.8. The summed E-state index contributed by atoms with van der Waals surface area (Å²) in [6.07, 6.45) is 1.85. The first-order chi connectivity index (χ1) is 14.3. The van der Waals surface area contributed by atoms with E-state index in [9.17, 15) is 4.79 Å². The van der Waals surface area contributed by atoms with Crippen LogP contribution in [0, 0.1) is 19.8 Å². The van der Waals surface area contributed by atoms with E-state index in [-0.39, 0.29) is 11.8 Å². The molecule has 1 saturated heterocycles. The molecule has 1 aliphatic rings. The molecule has 3 rings (SSSR count). The summed E-state index contributed by atoms with van der Waals surface area (Å²) < 4.78 is 0. The number of piperazine rings is 1. The monoisotopic (exact) mass is 408 g/mol. The molecule has 1 amide bonds. The van der Waals surface area contributed by atoms with Gasteiger partial charge in [0.15, 0.2) is 0 Å². The van der Waals surface area contributed by atoms with Crippen LogP contribution in [0.4, 0.5) is 5.82 Å². The van der Waals surface area contributed by atoms with Crippen LogP contribution < -0.4 is 4.90 Å². The van der Waals surface area contributed by atoms with Crippen LogP contribution in [0.1, 0.15) is 68.2 Å². The maximum absolute atomic E-state index is 12.4. The lowest BCUT2D eigenvalue weighted by Gasteiger charge is -2.37. The minimum atomic E-state index is 0.0479. The van der Waals surface area contributed by atoms with Gasteiger partial charge in [0, 0.05) is 55.7 Å².